The second kappa shape index (κ2) is 9.13. The van der Waals surface area contributed by atoms with Crippen LogP contribution in [0.5, 0.6) is 5.75 Å². The lowest BCUT2D eigenvalue weighted by molar-refractivity contribution is 0.0992. The average molecular weight is 488 g/mol. The van der Waals surface area contributed by atoms with Gasteiger partial charge in [-0.25, -0.2) is 8.78 Å². The number of hydrogen-bond acceptors (Lipinski definition) is 4. The van der Waals surface area contributed by atoms with Crippen LogP contribution in [0.1, 0.15) is 21.9 Å². The second-order valence-corrected chi connectivity index (χ2v) is 7.56. The number of halogens is 3. The van der Waals surface area contributed by atoms with E-state index in [0.717, 1.165) is 22.2 Å². The Labute approximate surface area is 184 Å². The Bertz CT molecular complexity index is 1220. The second-order valence-electron chi connectivity index (χ2n) is 6.64. The summed E-state index contributed by atoms with van der Waals surface area (Å²) >= 11 is 3.36. The van der Waals surface area contributed by atoms with E-state index in [-0.39, 0.29) is 18.1 Å². The first kappa shape index (κ1) is 20.8. The van der Waals surface area contributed by atoms with Crippen LogP contribution >= 0.6 is 15.9 Å². The summed E-state index contributed by atoms with van der Waals surface area (Å²) in [5.41, 5.74) is 1.57. The lowest BCUT2D eigenvalue weighted by Gasteiger charge is -2.07. The van der Waals surface area contributed by atoms with E-state index in [1.807, 2.05) is 24.4 Å². The highest BCUT2D eigenvalue weighted by atomic mass is 79.9. The van der Waals surface area contributed by atoms with Gasteiger partial charge in [-0.15, -0.1) is 0 Å². The molecule has 2 aromatic heterocycles. The molecule has 4 aromatic rings. The molecule has 0 spiro atoms. The molecular weight excluding hydrogens is 472 g/mol. The van der Waals surface area contributed by atoms with Gasteiger partial charge >= 0.3 is 0 Å². The molecule has 9 heteroatoms. The predicted octanol–water partition coefficient (Wildman–Crippen LogP) is 5.40. The molecule has 1 amide bonds. The maximum absolute atomic E-state index is 13.6. The van der Waals surface area contributed by atoms with E-state index in [1.54, 1.807) is 23.0 Å². The third kappa shape index (κ3) is 5.37. The number of nitrogens with zero attached hydrogens (tertiary/aromatic N) is 2. The molecule has 6 nitrogen and oxygen atoms in total. The zero-order valence-corrected chi connectivity index (χ0v) is 17.6. The van der Waals surface area contributed by atoms with Crippen LogP contribution in [-0.4, -0.2) is 15.7 Å². The summed E-state index contributed by atoms with van der Waals surface area (Å²) in [6.45, 7) is 0.447. The van der Waals surface area contributed by atoms with Crippen LogP contribution in [-0.2, 0) is 13.2 Å². The third-order valence-corrected chi connectivity index (χ3v) is 4.69. The van der Waals surface area contributed by atoms with Crippen LogP contribution in [0.3, 0.4) is 0 Å². The molecule has 0 unspecified atom stereocenters. The summed E-state index contributed by atoms with van der Waals surface area (Å²) in [5.74, 6) is -1.63. The van der Waals surface area contributed by atoms with Crippen molar-refractivity contribution < 1.29 is 22.7 Å². The molecule has 0 bridgehead atoms. The normalized spacial score (nSPS) is 10.8. The zero-order valence-electron chi connectivity index (χ0n) is 16.0. The number of ether oxygens (including phenoxy) is 1. The molecule has 0 saturated carbocycles. The highest BCUT2D eigenvalue weighted by Crippen LogP contribution is 2.20. The number of benzene rings is 2. The van der Waals surface area contributed by atoms with Crippen LogP contribution < -0.4 is 10.1 Å². The molecule has 31 heavy (non-hydrogen) atoms. The summed E-state index contributed by atoms with van der Waals surface area (Å²) in [5, 5.41) is 6.99. The van der Waals surface area contributed by atoms with Crippen LogP contribution in [0.2, 0.25) is 0 Å². The summed E-state index contributed by atoms with van der Waals surface area (Å²) in [6.07, 6.45) is 3.56. The van der Waals surface area contributed by atoms with E-state index in [0.29, 0.717) is 18.0 Å². The van der Waals surface area contributed by atoms with Gasteiger partial charge in [0, 0.05) is 18.0 Å². The monoisotopic (exact) mass is 487 g/mol. The molecule has 2 heterocycles. The van der Waals surface area contributed by atoms with Gasteiger partial charge in [0.1, 0.15) is 18.2 Å². The number of amides is 1. The number of carbonyl (C=O) groups is 1. The first-order chi connectivity index (χ1) is 15.0. The van der Waals surface area contributed by atoms with Gasteiger partial charge in [0.05, 0.1) is 17.2 Å². The highest BCUT2D eigenvalue weighted by Gasteiger charge is 2.13. The Balaban J connectivity index is 1.37. The van der Waals surface area contributed by atoms with Crippen molar-refractivity contribution in [2.75, 3.05) is 5.32 Å². The summed E-state index contributed by atoms with van der Waals surface area (Å²) < 4.78 is 40.0. The number of rotatable bonds is 7. The Morgan fingerprint density at radius 1 is 1.16 bits per heavy atom. The fourth-order valence-electron chi connectivity index (χ4n) is 2.87. The van der Waals surface area contributed by atoms with E-state index >= 15 is 0 Å². The van der Waals surface area contributed by atoms with Gasteiger partial charge in [-0.1, -0.05) is 12.1 Å². The Hall–Kier alpha value is -3.46. The standard InChI is InChI=1S/C22H16BrF2N3O3/c23-15-10-26-28(12-15)11-14-2-1-3-17(8-14)27-22(29)21-7-5-18(31-21)13-30-20-6-4-16(24)9-19(20)25/h1-10,12H,11,13H2,(H,27,29). The van der Waals surface area contributed by atoms with Crippen LogP contribution in [0.25, 0.3) is 0 Å². The van der Waals surface area contributed by atoms with Gasteiger partial charge in [0.15, 0.2) is 17.3 Å². The lowest BCUT2D eigenvalue weighted by Crippen LogP contribution is -2.11. The summed E-state index contributed by atoms with van der Waals surface area (Å²) in [7, 11) is 0. The van der Waals surface area contributed by atoms with Crippen LogP contribution in [0.4, 0.5) is 14.5 Å². The van der Waals surface area contributed by atoms with Gasteiger partial charge in [0.2, 0.25) is 0 Å². The van der Waals surface area contributed by atoms with E-state index < -0.39 is 17.5 Å². The Kier molecular flexibility index (Phi) is 6.13. The van der Waals surface area contributed by atoms with Crippen molar-refractivity contribution in [2.45, 2.75) is 13.2 Å². The first-order valence-corrected chi connectivity index (χ1v) is 10.0. The third-order valence-electron chi connectivity index (χ3n) is 4.28. The SMILES string of the molecule is O=C(Nc1cccc(Cn2cc(Br)cn2)c1)c1ccc(COc2ccc(F)cc2F)o1. The van der Waals surface area contributed by atoms with E-state index in [1.165, 1.54) is 12.1 Å². The smallest absolute Gasteiger partial charge is 0.291 e. The van der Waals surface area contributed by atoms with Crippen molar-refractivity contribution in [3.8, 4) is 5.75 Å². The summed E-state index contributed by atoms with van der Waals surface area (Å²) in [4.78, 5) is 12.5. The molecule has 0 aliphatic heterocycles. The number of furan rings is 1. The maximum atomic E-state index is 13.6. The first-order valence-electron chi connectivity index (χ1n) is 9.21. The molecule has 0 radical (unpaired) electrons. The number of anilines is 1. The molecule has 4 rings (SSSR count). The van der Waals surface area contributed by atoms with Crippen molar-refractivity contribution in [1.29, 1.82) is 0 Å². The average Bonchev–Trinajstić information content (AvgIpc) is 3.37. The quantitative estimate of drug-likeness (QED) is 0.379. The van der Waals surface area contributed by atoms with E-state index in [4.69, 9.17) is 9.15 Å². The highest BCUT2D eigenvalue weighted by molar-refractivity contribution is 9.10. The largest absolute Gasteiger partial charge is 0.483 e. The van der Waals surface area contributed by atoms with Gasteiger partial charge in [0.25, 0.3) is 5.91 Å². The van der Waals surface area contributed by atoms with Gasteiger partial charge < -0.3 is 14.5 Å². The fourth-order valence-corrected chi connectivity index (χ4v) is 3.20. The van der Waals surface area contributed by atoms with Gasteiger partial charge in [-0.3, -0.25) is 9.48 Å². The molecule has 2 aromatic carbocycles. The molecule has 0 saturated heterocycles. The molecule has 1 N–H and O–H groups in total. The predicted molar refractivity (Wildman–Crippen MR) is 113 cm³/mol. The number of aromatic nitrogens is 2. The number of nitrogens with one attached hydrogen (secondary N) is 1. The zero-order chi connectivity index (χ0) is 21.8. The van der Waals surface area contributed by atoms with Crippen molar-refractivity contribution in [3.05, 3.63) is 100 Å². The molecule has 0 aliphatic rings. The fraction of sp³-hybridized carbons (Fsp3) is 0.0909. The van der Waals surface area contributed by atoms with Crippen LogP contribution in [0, 0.1) is 11.6 Å². The van der Waals surface area contributed by atoms with E-state index in [2.05, 4.69) is 26.3 Å². The van der Waals surface area contributed by atoms with E-state index in [9.17, 15) is 13.6 Å². The Morgan fingerprint density at radius 3 is 2.81 bits per heavy atom. The maximum Gasteiger partial charge on any atom is 0.291 e. The minimum atomic E-state index is -0.813. The lowest BCUT2D eigenvalue weighted by atomic mass is 10.2. The summed E-state index contributed by atoms with van der Waals surface area (Å²) in [6, 6.07) is 13.5. The molecule has 0 atom stereocenters. The molecule has 158 valence electrons. The molecule has 0 fully saturated rings. The van der Waals surface area contributed by atoms with Crippen molar-refractivity contribution in [1.82, 2.24) is 9.78 Å². The van der Waals surface area contributed by atoms with Crippen molar-refractivity contribution in [3.63, 3.8) is 0 Å². The number of hydrogen-bond donors (Lipinski definition) is 1. The molecule has 0 aliphatic carbocycles. The van der Waals surface area contributed by atoms with Crippen molar-refractivity contribution in [2.24, 2.45) is 0 Å². The van der Waals surface area contributed by atoms with Gasteiger partial charge in [-0.05, 0) is 57.9 Å². The Morgan fingerprint density at radius 2 is 2.03 bits per heavy atom. The van der Waals surface area contributed by atoms with Gasteiger partial charge in [-0.2, -0.15) is 5.10 Å². The number of carbonyl (C=O) groups excluding carboxylic acids is 1. The minimum Gasteiger partial charge on any atom is -0.483 e. The van der Waals surface area contributed by atoms with Crippen LogP contribution in [0.15, 0.2) is 75.9 Å². The topological polar surface area (TPSA) is 69.3 Å². The minimum absolute atomic E-state index is 0.0830. The molecular formula is C22H16BrF2N3O3. The van der Waals surface area contributed by atoms with Crippen molar-refractivity contribution >= 4 is 27.5 Å².